The van der Waals surface area contributed by atoms with Crippen LogP contribution >= 0.6 is 0 Å². The van der Waals surface area contributed by atoms with Crippen LogP contribution in [0.1, 0.15) is 22.3 Å². The van der Waals surface area contributed by atoms with Crippen LogP contribution in [0.2, 0.25) is 0 Å². The van der Waals surface area contributed by atoms with Crippen LogP contribution in [-0.2, 0) is 20.9 Å². The quantitative estimate of drug-likeness (QED) is 0.433. The van der Waals surface area contributed by atoms with Crippen molar-refractivity contribution in [1.82, 2.24) is 14.7 Å². The third kappa shape index (κ3) is 5.92. The zero-order valence-corrected chi connectivity index (χ0v) is 18.3. The molecule has 0 spiro atoms. The molecule has 31 heavy (non-hydrogen) atoms. The van der Waals surface area contributed by atoms with Gasteiger partial charge in [-0.05, 0) is 42.7 Å². The Morgan fingerprint density at radius 3 is 2.48 bits per heavy atom. The monoisotopic (exact) mass is 417 g/mol. The van der Waals surface area contributed by atoms with Gasteiger partial charge in [-0.25, -0.2) is 4.79 Å². The fourth-order valence-corrected chi connectivity index (χ4v) is 2.99. The molecule has 0 atom stereocenters. The Labute approximate surface area is 182 Å². The van der Waals surface area contributed by atoms with E-state index in [-0.39, 0.29) is 12.5 Å². The number of carbonyl (C=O) groups excluding carboxylic acids is 2. The van der Waals surface area contributed by atoms with Crippen LogP contribution in [0.5, 0.6) is 0 Å². The van der Waals surface area contributed by atoms with Crippen LogP contribution in [0.25, 0.3) is 17.3 Å². The first kappa shape index (κ1) is 22.0. The highest BCUT2D eigenvalue weighted by Crippen LogP contribution is 2.26. The Kier molecular flexibility index (Phi) is 7.03. The highest BCUT2D eigenvalue weighted by atomic mass is 16.5. The summed E-state index contributed by atoms with van der Waals surface area (Å²) in [5.41, 5.74) is 6.08. The fraction of sp³-hybridized carbons (Fsp3) is 0.240. The van der Waals surface area contributed by atoms with E-state index in [1.165, 1.54) is 22.1 Å². The second-order valence-corrected chi connectivity index (χ2v) is 7.64. The number of benzene rings is 2. The summed E-state index contributed by atoms with van der Waals surface area (Å²) < 4.78 is 6.89. The zero-order valence-electron chi connectivity index (χ0n) is 18.3. The first-order chi connectivity index (χ1) is 14.8. The van der Waals surface area contributed by atoms with Crippen molar-refractivity contribution >= 4 is 18.0 Å². The standard InChI is InChI=1S/C25H27N3O3/c1-18-10-11-21(14-19(18)2)25-22(12-13-24(30)31-17-23(29)27(3)4)16-28(26-25)15-20-8-6-5-7-9-20/h5-14,16H,15,17H2,1-4H3/b13-12+. The molecule has 6 nitrogen and oxygen atoms in total. The molecule has 0 fully saturated rings. The number of hydrogen-bond donors (Lipinski definition) is 0. The summed E-state index contributed by atoms with van der Waals surface area (Å²) in [5.74, 6) is -0.842. The molecular formula is C25H27N3O3. The van der Waals surface area contributed by atoms with E-state index in [9.17, 15) is 9.59 Å². The summed E-state index contributed by atoms with van der Waals surface area (Å²) in [6.45, 7) is 4.47. The summed E-state index contributed by atoms with van der Waals surface area (Å²) in [7, 11) is 3.23. The molecule has 2 aromatic carbocycles. The highest BCUT2D eigenvalue weighted by molar-refractivity contribution is 5.90. The van der Waals surface area contributed by atoms with Gasteiger partial charge in [0.2, 0.25) is 0 Å². The number of hydrogen-bond acceptors (Lipinski definition) is 4. The second-order valence-electron chi connectivity index (χ2n) is 7.64. The van der Waals surface area contributed by atoms with E-state index < -0.39 is 5.97 Å². The third-order valence-electron chi connectivity index (χ3n) is 4.99. The smallest absolute Gasteiger partial charge is 0.331 e. The SMILES string of the molecule is Cc1ccc(-c2nn(Cc3ccccc3)cc2/C=C/C(=O)OCC(=O)N(C)C)cc1C. The molecule has 0 saturated heterocycles. The van der Waals surface area contributed by atoms with E-state index in [0.717, 1.165) is 22.4 Å². The lowest BCUT2D eigenvalue weighted by molar-refractivity contribution is -0.146. The number of carbonyl (C=O) groups is 2. The average molecular weight is 418 g/mol. The van der Waals surface area contributed by atoms with E-state index in [2.05, 4.69) is 26.0 Å². The lowest BCUT2D eigenvalue weighted by atomic mass is 10.0. The Bertz CT molecular complexity index is 1100. The summed E-state index contributed by atoms with van der Waals surface area (Å²) in [5, 5.41) is 4.77. The van der Waals surface area contributed by atoms with Crippen molar-refractivity contribution in [2.24, 2.45) is 0 Å². The van der Waals surface area contributed by atoms with E-state index in [0.29, 0.717) is 6.54 Å². The number of amides is 1. The summed E-state index contributed by atoms with van der Waals surface area (Å²) in [6, 6.07) is 16.3. The van der Waals surface area contributed by atoms with Gasteiger partial charge in [0.15, 0.2) is 6.61 Å². The minimum Gasteiger partial charge on any atom is -0.452 e. The van der Waals surface area contributed by atoms with Gasteiger partial charge in [0.05, 0.1) is 12.2 Å². The summed E-state index contributed by atoms with van der Waals surface area (Å²) >= 11 is 0. The normalized spacial score (nSPS) is 11.0. The van der Waals surface area contributed by atoms with Crippen LogP contribution in [0.4, 0.5) is 0 Å². The molecule has 0 radical (unpaired) electrons. The van der Waals surface area contributed by atoms with Crippen LogP contribution in [0.15, 0.2) is 60.8 Å². The van der Waals surface area contributed by atoms with Crippen molar-refractivity contribution in [3.8, 4) is 11.3 Å². The molecule has 0 aliphatic carbocycles. The molecule has 0 bridgehead atoms. The number of rotatable bonds is 7. The highest BCUT2D eigenvalue weighted by Gasteiger charge is 2.12. The van der Waals surface area contributed by atoms with Crippen molar-refractivity contribution in [1.29, 1.82) is 0 Å². The molecule has 0 unspecified atom stereocenters. The first-order valence-corrected chi connectivity index (χ1v) is 10.1. The topological polar surface area (TPSA) is 64.4 Å². The van der Waals surface area contributed by atoms with E-state index in [1.807, 2.05) is 47.3 Å². The van der Waals surface area contributed by atoms with Crippen molar-refractivity contribution in [3.05, 3.63) is 83.1 Å². The molecule has 0 aliphatic heterocycles. The van der Waals surface area contributed by atoms with Crippen LogP contribution in [0, 0.1) is 13.8 Å². The van der Waals surface area contributed by atoms with Gasteiger partial charge in [-0.15, -0.1) is 0 Å². The summed E-state index contributed by atoms with van der Waals surface area (Å²) in [4.78, 5) is 25.1. The van der Waals surface area contributed by atoms with Gasteiger partial charge in [-0.1, -0.05) is 42.5 Å². The van der Waals surface area contributed by atoms with Gasteiger partial charge >= 0.3 is 5.97 Å². The fourth-order valence-electron chi connectivity index (χ4n) is 2.99. The van der Waals surface area contributed by atoms with Crippen molar-refractivity contribution in [3.63, 3.8) is 0 Å². The molecule has 3 rings (SSSR count). The van der Waals surface area contributed by atoms with Crippen LogP contribution in [0.3, 0.4) is 0 Å². The van der Waals surface area contributed by atoms with E-state index >= 15 is 0 Å². The van der Waals surface area contributed by atoms with Gasteiger partial charge < -0.3 is 9.64 Å². The maximum absolute atomic E-state index is 12.1. The van der Waals surface area contributed by atoms with E-state index in [4.69, 9.17) is 9.84 Å². The molecular weight excluding hydrogens is 390 g/mol. The molecule has 0 saturated carbocycles. The Morgan fingerprint density at radius 2 is 1.81 bits per heavy atom. The van der Waals surface area contributed by atoms with Crippen molar-refractivity contribution < 1.29 is 14.3 Å². The maximum atomic E-state index is 12.1. The number of nitrogens with zero attached hydrogens (tertiary/aromatic N) is 3. The third-order valence-corrected chi connectivity index (χ3v) is 4.99. The minimum absolute atomic E-state index is 0.270. The second kappa shape index (κ2) is 9.89. The first-order valence-electron chi connectivity index (χ1n) is 10.1. The molecule has 1 aromatic heterocycles. The Balaban J connectivity index is 1.86. The summed E-state index contributed by atoms with van der Waals surface area (Å²) in [6.07, 6.45) is 4.92. The molecule has 0 N–H and O–H groups in total. The molecule has 0 aliphatic rings. The van der Waals surface area contributed by atoms with E-state index in [1.54, 1.807) is 20.2 Å². The van der Waals surface area contributed by atoms with Gasteiger partial charge in [-0.3, -0.25) is 9.48 Å². The van der Waals surface area contributed by atoms with Gasteiger partial charge in [0.25, 0.3) is 5.91 Å². The van der Waals surface area contributed by atoms with Crippen molar-refractivity contribution in [2.75, 3.05) is 20.7 Å². The number of aromatic nitrogens is 2. The van der Waals surface area contributed by atoms with Gasteiger partial charge in [0, 0.05) is 37.5 Å². The Morgan fingerprint density at radius 1 is 1.06 bits per heavy atom. The molecule has 1 heterocycles. The zero-order chi connectivity index (χ0) is 22.4. The molecule has 1 amide bonds. The van der Waals surface area contributed by atoms with Crippen LogP contribution in [-0.4, -0.2) is 47.3 Å². The molecule has 160 valence electrons. The minimum atomic E-state index is -0.572. The number of aryl methyl sites for hydroxylation is 2. The number of ether oxygens (including phenoxy) is 1. The molecule has 6 heteroatoms. The largest absolute Gasteiger partial charge is 0.452 e. The predicted molar refractivity (Wildman–Crippen MR) is 121 cm³/mol. The lowest BCUT2D eigenvalue weighted by Gasteiger charge is -2.09. The van der Waals surface area contributed by atoms with Crippen molar-refractivity contribution in [2.45, 2.75) is 20.4 Å². The average Bonchev–Trinajstić information content (AvgIpc) is 3.15. The number of likely N-dealkylation sites (N-methyl/N-ethyl adjacent to an activating group) is 1. The number of esters is 1. The lowest BCUT2D eigenvalue weighted by Crippen LogP contribution is -2.27. The van der Waals surface area contributed by atoms with Crippen LogP contribution < -0.4 is 0 Å². The maximum Gasteiger partial charge on any atom is 0.331 e. The van der Waals surface area contributed by atoms with Gasteiger partial charge in [-0.2, -0.15) is 5.10 Å². The molecule has 3 aromatic rings. The van der Waals surface area contributed by atoms with Gasteiger partial charge in [0.1, 0.15) is 0 Å². The Hall–Kier alpha value is -3.67. The predicted octanol–water partition coefficient (Wildman–Crippen LogP) is 3.86.